The molecule has 18 heavy (non-hydrogen) atoms. The van der Waals surface area contributed by atoms with Gasteiger partial charge in [0, 0.05) is 0 Å². The molecule has 0 atom stereocenters. The van der Waals surface area contributed by atoms with Gasteiger partial charge in [0.1, 0.15) is 0 Å². The summed E-state index contributed by atoms with van der Waals surface area (Å²) in [5.74, 6) is -0.890. The summed E-state index contributed by atoms with van der Waals surface area (Å²) in [5, 5.41) is 8.99. The van der Waals surface area contributed by atoms with Crippen molar-refractivity contribution in [2.24, 2.45) is 0 Å². The molecule has 2 heteroatoms. The number of aryl methyl sites for hydroxylation is 2. The SMILES string of the molecule is CCc1ccc(-c2cccc(C(=O)O)c2)cc1C. The van der Waals surface area contributed by atoms with Crippen LogP contribution in [0.15, 0.2) is 42.5 Å². The predicted octanol–water partition coefficient (Wildman–Crippen LogP) is 3.92. The van der Waals surface area contributed by atoms with Crippen LogP contribution in [0, 0.1) is 6.92 Å². The molecule has 2 nitrogen and oxygen atoms in total. The standard InChI is InChI=1S/C16H16O2/c1-3-12-7-8-14(9-11(12)2)13-5-4-6-15(10-13)16(17)18/h4-10H,3H2,1-2H3,(H,17,18). The monoisotopic (exact) mass is 240 g/mol. The molecule has 2 rings (SSSR count). The van der Waals surface area contributed by atoms with Gasteiger partial charge in [-0.15, -0.1) is 0 Å². The Labute approximate surface area is 107 Å². The van der Waals surface area contributed by atoms with Gasteiger partial charge in [-0.25, -0.2) is 4.79 Å². The lowest BCUT2D eigenvalue weighted by atomic mass is 9.98. The third-order valence-electron chi connectivity index (χ3n) is 3.17. The van der Waals surface area contributed by atoms with Gasteiger partial charge in [-0.3, -0.25) is 0 Å². The van der Waals surface area contributed by atoms with Gasteiger partial charge < -0.3 is 5.11 Å². The van der Waals surface area contributed by atoms with Crippen molar-refractivity contribution in [3.63, 3.8) is 0 Å². The van der Waals surface area contributed by atoms with Crippen LogP contribution in [0.1, 0.15) is 28.4 Å². The Balaban J connectivity index is 2.45. The molecule has 0 heterocycles. The Kier molecular flexibility index (Phi) is 3.47. The predicted molar refractivity (Wildman–Crippen MR) is 73.0 cm³/mol. The van der Waals surface area contributed by atoms with E-state index >= 15 is 0 Å². The Morgan fingerprint density at radius 2 is 1.83 bits per heavy atom. The first-order valence-corrected chi connectivity index (χ1v) is 6.05. The molecule has 0 aliphatic carbocycles. The topological polar surface area (TPSA) is 37.3 Å². The van der Waals surface area contributed by atoms with E-state index in [2.05, 4.69) is 26.0 Å². The van der Waals surface area contributed by atoms with Crippen molar-refractivity contribution in [1.82, 2.24) is 0 Å². The van der Waals surface area contributed by atoms with Gasteiger partial charge in [0.05, 0.1) is 5.56 Å². The summed E-state index contributed by atoms with van der Waals surface area (Å²) >= 11 is 0. The Morgan fingerprint density at radius 1 is 1.11 bits per heavy atom. The first kappa shape index (κ1) is 12.4. The molecule has 0 fully saturated rings. The second-order valence-corrected chi connectivity index (χ2v) is 4.38. The van der Waals surface area contributed by atoms with Crippen molar-refractivity contribution in [1.29, 1.82) is 0 Å². The quantitative estimate of drug-likeness (QED) is 0.882. The number of aromatic carboxylic acids is 1. The van der Waals surface area contributed by atoms with E-state index in [9.17, 15) is 4.79 Å². The van der Waals surface area contributed by atoms with E-state index in [0.717, 1.165) is 17.5 Å². The summed E-state index contributed by atoms with van der Waals surface area (Å²) in [5.41, 5.74) is 4.90. The Bertz CT molecular complexity index is 585. The van der Waals surface area contributed by atoms with Crippen LogP contribution in [0.5, 0.6) is 0 Å². The molecular formula is C16H16O2. The molecule has 0 saturated carbocycles. The third-order valence-corrected chi connectivity index (χ3v) is 3.17. The first-order valence-electron chi connectivity index (χ1n) is 6.05. The number of rotatable bonds is 3. The average Bonchev–Trinajstić information content (AvgIpc) is 2.38. The number of carboxylic acid groups (broad SMARTS) is 1. The van der Waals surface area contributed by atoms with Gasteiger partial charge in [0.2, 0.25) is 0 Å². The number of hydrogen-bond donors (Lipinski definition) is 1. The molecule has 2 aromatic rings. The summed E-state index contributed by atoms with van der Waals surface area (Å²) in [6.07, 6.45) is 1.02. The van der Waals surface area contributed by atoms with Crippen molar-refractivity contribution in [2.45, 2.75) is 20.3 Å². The van der Waals surface area contributed by atoms with Crippen LogP contribution in [-0.2, 0) is 6.42 Å². The van der Waals surface area contributed by atoms with Gasteiger partial charge >= 0.3 is 5.97 Å². The molecule has 0 bridgehead atoms. The van der Waals surface area contributed by atoms with E-state index in [1.165, 1.54) is 11.1 Å². The molecule has 0 aliphatic rings. The van der Waals surface area contributed by atoms with Crippen LogP contribution in [0.2, 0.25) is 0 Å². The lowest BCUT2D eigenvalue weighted by molar-refractivity contribution is 0.0697. The smallest absolute Gasteiger partial charge is 0.335 e. The maximum Gasteiger partial charge on any atom is 0.335 e. The largest absolute Gasteiger partial charge is 0.478 e. The molecule has 0 amide bonds. The van der Waals surface area contributed by atoms with Crippen LogP contribution >= 0.6 is 0 Å². The third kappa shape index (κ3) is 2.43. The van der Waals surface area contributed by atoms with Crippen molar-refractivity contribution < 1.29 is 9.90 Å². The normalized spacial score (nSPS) is 10.3. The summed E-state index contributed by atoms with van der Waals surface area (Å²) in [6.45, 7) is 4.22. The molecule has 2 aromatic carbocycles. The van der Waals surface area contributed by atoms with E-state index < -0.39 is 5.97 Å². The first-order chi connectivity index (χ1) is 8.61. The van der Waals surface area contributed by atoms with Gasteiger partial charge in [0.15, 0.2) is 0 Å². The Hall–Kier alpha value is -2.09. The van der Waals surface area contributed by atoms with Gasteiger partial charge in [0.25, 0.3) is 0 Å². The van der Waals surface area contributed by atoms with Gasteiger partial charge in [-0.2, -0.15) is 0 Å². The van der Waals surface area contributed by atoms with Crippen molar-refractivity contribution >= 4 is 5.97 Å². The minimum Gasteiger partial charge on any atom is -0.478 e. The zero-order chi connectivity index (χ0) is 13.1. The van der Waals surface area contributed by atoms with Crippen LogP contribution in [0.25, 0.3) is 11.1 Å². The highest BCUT2D eigenvalue weighted by Crippen LogP contribution is 2.23. The molecule has 0 aliphatic heterocycles. The van der Waals surface area contributed by atoms with E-state index in [4.69, 9.17) is 5.11 Å². The second kappa shape index (κ2) is 5.05. The average molecular weight is 240 g/mol. The summed E-state index contributed by atoms with van der Waals surface area (Å²) in [4.78, 5) is 11.0. The van der Waals surface area contributed by atoms with Crippen LogP contribution < -0.4 is 0 Å². The van der Waals surface area contributed by atoms with E-state index in [0.29, 0.717) is 5.56 Å². The Morgan fingerprint density at radius 3 is 2.44 bits per heavy atom. The molecule has 0 spiro atoms. The molecular weight excluding hydrogens is 224 g/mol. The van der Waals surface area contributed by atoms with Crippen molar-refractivity contribution in [3.05, 3.63) is 59.2 Å². The fourth-order valence-corrected chi connectivity index (χ4v) is 2.10. The van der Waals surface area contributed by atoms with Gasteiger partial charge in [-0.05, 0) is 47.7 Å². The van der Waals surface area contributed by atoms with Crippen LogP contribution in [-0.4, -0.2) is 11.1 Å². The van der Waals surface area contributed by atoms with Crippen LogP contribution in [0.4, 0.5) is 0 Å². The van der Waals surface area contributed by atoms with Crippen LogP contribution in [0.3, 0.4) is 0 Å². The van der Waals surface area contributed by atoms with Crippen molar-refractivity contribution in [3.8, 4) is 11.1 Å². The van der Waals surface area contributed by atoms with Crippen molar-refractivity contribution in [2.75, 3.05) is 0 Å². The van der Waals surface area contributed by atoms with E-state index in [-0.39, 0.29) is 0 Å². The zero-order valence-corrected chi connectivity index (χ0v) is 10.6. The lowest BCUT2D eigenvalue weighted by Crippen LogP contribution is -1.96. The fraction of sp³-hybridized carbons (Fsp3) is 0.188. The number of benzene rings is 2. The summed E-state index contributed by atoms with van der Waals surface area (Å²) < 4.78 is 0. The molecule has 1 N–H and O–H groups in total. The number of hydrogen-bond acceptors (Lipinski definition) is 1. The zero-order valence-electron chi connectivity index (χ0n) is 10.6. The second-order valence-electron chi connectivity index (χ2n) is 4.38. The highest BCUT2D eigenvalue weighted by Gasteiger charge is 2.05. The number of carboxylic acids is 1. The maximum absolute atomic E-state index is 11.0. The van der Waals surface area contributed by atoms with Gasteiger partial charge in [-0.1, -0.05) is 37.3 Å². The fourth-order valence-electron chi connectivity index (χ4n) is 2.10. The number of carbonyl (C=O) groups is 1. The lowest BCUT2D eigenvalue weighted by Gasteiger charge is -2.07. The molecule has 0 saturated heterocycles. The molecule has 0 radical (unpaired) electrons. The maximum atomic E-state index is 11.0. The minimum absolute atomic E-state index is 0.324. The highest BCUT2D eigenvalue weighted by molar-refractivity contribution is 5.89. The molecule has 0 unspecified atom stereocenters. The van der Waals surface area contributed by atoms with E-state index in [1.807, 2.05) is 12.1 Å². The molecule has 92 valence electrons. The summed E-state index contributed by atoms with van der Waals surface area (Å²) in [7, 11) is 0. The van der Waals surface area contributed by atoms with E-state index in [1.54, 1.807) is 18.2 Å². The minimum atomic E-state index is -0.890. The molecule has 0 aromatic heterocycles. The highest BCUT2D eigenvalue weighted by atomic mass is 16.4. The summed E-state index contributed by atoms with van der Waals surface area (Å²) in [6, 6.07) is 13.3.